The molecule has 1 amide bonds. The SMILES string of the molecule is CCCNC(=O)/C(C#N)=C\Nc1ccc(OCC)c(OCC)c1. The van der Waals surface area contributed by atoms with Crippen molar-refractivity contribution in [2.75, 3.05) is 25.1 Å². The number of rotatable bonds is 9. The lowest BCUT2D eigenvalue weighted by Gasteiger charge is -2.12. The molecular weight excluding hydrogens is 294 g/mol. The van der Waals surface area contributed by atoms with Crippen LogP contribution in [0, 0.1) is 11.3 Å². The summed E-state index contributed by atoms with van der Waals surface area (Å²) in [7, 11) is 0. The Hall–Kier alpha value is -2.68. The van der Waals surface area contributed by atoms with Crippen LogP contribution in [0.25, 0.3) is 0 Å². The summed E-state index contributed by atoms with van der Waals surface area (Å²) in [5.41, 5.74) is 0.721. The minimum Gasteiger partial charge on any atom is -0.490 e. The van der Waals surface area contributed by atoms with Gasteiger partial charge in [-0.05, 0) is 32.4 Å². The number of hydrogen-bond acceptors (Lipinski definition) is 5. The third-order valence-corrected chi connectivity index (χ3v) is 2.83. The van der Waals surface area contributed by atoms with Crippen LogP contribution in [-0.4, -0.2) is 25.7 Å². The monoisotopic (exact) mass is 317 g/mol. The van der Waals surface area contributed by atoms with Crippen molar-refractivity contribution in [3.8, 4) is 17.6 Å². The fourth-order valence-electron chi connectivity index (χ4n) is 1.78. The number of anilines is 1. The van der Waals surface area contributed by atoms with E-state index in [1.54, 1.807) is 18.2 Å². The molecule has 0 aliphatic rings. The number of nitrogens with one attached hydrogen (secondary N) is 2. The number of nitrogens with zero attached hydrogens (tertiary/aromatic N) is 1. The van der Waals surface area contributed by atoms with E-state index in [1.165, 1.54) is 6.20 Å². The lowest BCUT2D eigenvalue weighted by atomic mass is 10.2. The van der Waals surface area contributed by atoms with Gasteiger partial charge in [0.05, 0.1) is 13.2 Å². The first-order chi connectivity index (χ1) is 11.2. The summed E-state index contributed by atoms with van der Waals surface area (Å²) < 4.78 is 11.0. The second-order valence-electron chi connectivity index (χ2n) is 4.60. The van der Waals surface area contributed by atoms with Crippen LogP contribution >= 0.6 is 0 Å². The molecule has 0 heterocycles. The number of hydrogen-bond donors (Lipinski definition) is 2. The molecule has 0 saturated heterocycles. The van der Waals surface area contributed by atoms with E-state index in [4.69, 9.17) is 14.7 Å². The molecule has 1 aromatic rings. The highest BCUT2D eigenvalue weighted by Crippen LogP contribution is 2.30. The van der Waals surface area contributed by atoms with E-state index < -0.39 is 5.91 Å². The smallest absolute Gasteiger partial charge is 0.263 e. The highest BCUT2D eigenvalue weighted by atomic mass is 16.5. The number of benzene rings is 1. The largest absolute Gasteiger partial charge is 0.490 e. The zero-order valence-corrected chi connectivity index (χ0v) is 13.8. The van der Waals surface area contributed by atoms with E-state index in [1.807, 2.05) is 26.8 Å². The molecule has 2 N–H and O–H groups in total. The Labute approximate surface area is 137 Å². The van der Waals surface area contributed by atoms with Crippen molar-refractivity contribution in [1.29, 1.82) is 5.26 Å². The van der Waals surface area contributed by atoms with Crippen LogP contribution in [0.5, 0.6) is 11.5 Å². The molecule has 0 fully saturated rings. The molecule has 0 spiro atoms. The Morgan fingerprint density at radius 1 is 1.22 bits per heavy atom. The van der Waals surface area contributed by atoms with Gasteiger partial charge in [-0.25, -0.2) is 0 Å². The van der Waals surface area contributed by atoms with E-state index >= 15 is 0 Å². The summed E-state index contributed by atoms with van der Waals surface area (Å²) >= 11 is 0. The zero-order chi connectivity index (χ0) is 17.1. The fourth-order valence-corrected chi connectivity index (χ4v) is 1.78. The van der Waals surface area contributed by atoms with Crippen molar-refractivity contribution in [2.45, 2.75) is 27.2 Å². The van der Waals surface area contributed by atoms with Crippen molar-refractivity contribution in [2.24, 2.45) is 0 Å². The van der Waals surface area contributed by atoms with E-state index in [2.05, 4.69) is 10.6 Å². The Morgan fingerprint density at radius 3 is 2.52 bits per heavy atom. The van der Waals surface area contributed by atoms with Gasteiger partial charge in [0.15, 0.2) is 11.5 Å². The molecule has 0 bridgehead atoms. The van der Waals surface area contributed by atoms with Crippen molar-refractivity contribution >= 4 is 11.6 Å². The Morgan fingerprint density at radius 2 is 1.91 bits per heavy atom. The predicted molar refractivity (Wildman–Crippen MR) is 89.4 cm³/mol. The summed E-state index contributed by atoms with van der Waals surface area (Å²) in [6, 6.07) is 7.23. The first-order valence-electron chi connectivity index (χ1n) is 7.70. The predicted octanol–water partition coefficient (Wildman–Crippen LogP) is 2.83. The molecule has 124 valence electrons. The Bertz CT molecular complexity index is 591. The summed E-state index contributed by atoms with van der Waals surface area (Å²) in [5.74, 6) is 0.879. The summed E-state index contributed by atoms with van der Waals surface area (Å²) in [4.78, 5) is 11.8. The molecule has 0 saturated carbocycles. The quantitative estimate of drug-likeness (QED) is 0.540. The first-order valence-corrected chi connectivity index (χ1v) is 7.70. The topological polar surface area (TPSA) is 83.4 Å². The molecule has 0 aromatic heterocycles. The van der Waals surface area contributed by atoms with Crippen molar-refractivity contribution in [1.82, 2.24) is 5.32 Å². The molecule has 6 nitrogen and oxygen atoms in total. The van der Waals surface area contributed by atoms with E-state index in [0.29, 0.717) is 36.9 Å². The van der Waals surface area contributed by atoms with Gasteiger partial charge < -0.3 is 20.1 Å². The highest BCUT2D eigenvalue weighted by Gasteiger charge is 2.09. The molecule has 0 aliphatic carbocycles. The van der Waals surface area contributed by atoms with Gasteiger partial charge in [0.25, 0.3) is 5.91 Å². The molecule has 0 unspecified atom stereocenters. The molecular formula is C17H23N3O3. The van der Waals surface area contributed by atoms with Gasteiger partial charge in [0.2, 0.25) is 0 Å². The summed E-state index contributed by atoms with van der Waals surface area (Å²) in [6.45, 7) is 7.34. The molecule has 6 heteroatoms. The van der Waals surface area contributed by atoms with Gasteiger partial charge in [-0.3, -0.25) is 4.79 Å². The molecule has 0 radical (unpaired) electrons. The van der Waals surface area contributed by atoms with E-state index in [9.17, 15) is 4.79 Å². The van der Waals surface area contributed by atoms with E-state index in [-0.39, 0.29) is 5.57 Å². The second kappa shape index (κ2) is 10.1. The standard InChI is InChI=1S/C17H23N3O3/c1-4-9-19-17(21)13(11-18)12-20-14-7-8-15(22-5-2)16(10-14)23-6-3/h7-8,10,12,20H,4-6,9H2,1-3H3,(H,19,21)/b13-12-. The maximum Gasteiger partial charge on any atom is 0.263 e. The normalized spacial score (nSPS) is 10.6. The maximum absolute atomic E-state index is 11.8. The number of carbonyl (C=O) groups excluding carboxylic acids is 1. The second-order valence-corrected chi connectivity index (χ2v) is 4.60. The molecule has 1 aromatic carbocycles. The molecule has 23 heavy (non-hydrogen) atoms. The molecule has 0 aliphatic heterocycles. The highest BCUT2D eigenvalue weighted by molar-refractivity contribution is 5.97. The van der Waals surface area contributed by atoms with Gasteiger partial charge in [0, 0.05) is 24.5 Å². The zero-order valence-electron chi connectivity index (χ0n) is 13.8. The number of amides is 1. The third-order valence-electron chi connectivity index (χ3n) is 2.83. The molecule has 1 rings (SSSR count). The van der Waals surface area contributed by atoms with Crippen molar-refractivity contribution in [3.63, 3.8) is 0 Å². The van der Waals surface area contributed by atoms with Gasteiger partial charge in [-0.15, -0.1) is 0 Å². The van der Waals surface area contributed by atoms with Crippen LogP contribution < -0.4 is 20.1 Å². The van der Waals surface area contributed by atoms with Crippen LogP contribution in [-0.2, 0) is 4.79 Å². The van der Waals surface area contributed by atoms with E-state index in [0.717, 1.165) is 6.42 Å². The summed E-state index contributed by atoms with van der Waals surface area (Å²) in [5, 5.41) is 14.7. The number of ether oxygens (including phenoxy) is 2. The van der Waals surface area contributed by atoms with Crippen molar-refractivity contribution in [3.05, 3.63) is 30.0 Å². The average molecular weight is 317 g/mol. The van der Waals surface area contributed by atoms with Crippen LogP contribution in [0.2, 0.25) is 0 Å². The van der Waals surface area contributed by atoms with Crippen molar-refractivity contribution < 1.29 is 14.3 Å². The van der Waals surface area contributed by atoms with Crippen LogP contribution in [0.4, 0.5) is 5.69 Å². The lowest BCUT2D eigenvalue weighted by molar-refractivity contribution is -0.117. The minimum absolute atomic E-state index is 0.0188. The van der Waals surface area contributed by atoms with Gasteiger partial charge in [-0.2, -0.15) is 5.26 Å². The minimum atomic E-state index is -0.391. The average Bonchev–Trinajstić information content (AvgIpc) is 2.56. The van der Waals surface area contributed by atoms with Gasteiger partial charge in [0.1, 0.15) is 11.6 Å². The van der Waals surface area contributed by atoms with Crippen LogP contribution in [0.3, 0.4) is 0 Å². The fraction of sp³-hybridized carbons (Fsp3) is 0.412. The van der Waals surface area contributed by atoms with Gasteiger partial charge in [-0.1, -0.05) is 6.92 Å². The Balaban J connectivity index is 2.86. The Kier molecular flexibility index (Phi) is 8.08. The third kappa shape index (κ3) is 5.91. The molecule has 0 atom stereocenters. The van der Waals surface area contributed by atoms with Crippen LogP contribution in [0.1, 0.15) is 27.2 Å². The maximum atomic E-state index is 11.8. The number of carbonyl (C=O) groups is 1. The lowest BCUT2D eigenvalue weighted by Crippen LogP contribution is -2.25. The first kappa shape index (κ1) is 18.4. The van der Waals surface area contributed by atoms with Crippen LogP contribution in [0.15, 0.2) is 30.0 Å². The summed E-state index contributed by atoms with van der Waals surface area (Å²) in [6.07, 6.45) is 2.20. The number of nitriles is 1. The van der Waals surface area contributed by atoms with Gasteiger partial charge >= 0.3 is 0 Å².